The average molecular weight is 373 g/mol. The lowest BCUT2D eigenvalue weighted by Gasteiger charge is -2.43. The Labute approximate surface area is 160 Å². The molecule has 0 amide bonds. The highest BCUT2D eigenvalue weighted by molar-refractivity contribution is 5.85. The Bertz CT molecular complexity index is 780. The van der Waals surface area contributed by atoms with Crippen LogP contribution >= 0.6 is 12.4 Å². The highest BCUT2D eigenvalue weighted by Crippen LogP contribution is 2.39. The summed E-state index contributed by atoms with van der Waals surface area (Å²) in [5.74, 6) is -0.702. The summed E-state index contributed by atoms with van der Waals surface area (Å²) in [7, 11) is 0. The summed E-state index contributed by atoms with van der Waals surface area (Å²) in [4.78, 5) is 15.8. The number of halogens is 1. The number of fused-ring (bicyclic) bond motifs is 5. The maximum atomic E-state index is 10.8. The molecule has 0 radical (unpaired) electrons. The van der Waals surface area contributed by atoms with E-state index in [-0.39, 0.29) is 18.8 Å². The van der Waals surface area contributed by atoms with Gasteiger partial charge in [-0.15, -0.1) is 12.4 Å². The minimum Gasteiger partial charge on any atom is -0.481 e. The molecule has 1 atom stereocenters. The van der Waals surface area contributed by atoms with Crippen LogP contribution in [0.25, 0.3) is 0 Å². The first-order valence-electron chi connectivity index (χ1n) is 9.09. The number of anilines is 1. The van der Waals surface area contributed by atoms with Crippen molar-refractivity contribution in [1.29, 1.82) is 0 Å². The predicted molar refractivity (Wildman–Crippen MR) is 106 cm³/mol. The third-order valence-electron chi connectivity index (χ3n) is 5.43. The molecule has 0 aliphatic carbocycles. The van der Waals surface area contributed by atoms with Gasteiger partial charge in [-0.3, -0.25) is 9.69 Å². The van der Waals surface area contributed by atoms with Crippen LogP contribution in [0, 0.1) is 0 Å². The smallest absolute Gasteiger partial charge is 0.303 e. The van der Waals surface area contributed by atoms with E-state index in [9.17, 15) is 4.79 Å². The molecule has 0 aromatic heterocycles. The molecule has 5 heteroatoms. The van der Waals surface area contributed by atoms with Crippen LogP contribution in [0.2, 0.25) is 0 Å². The molecule has 4 nitrogen and oxygen atoms in total. The van der Waals surface area contributed by atoms with Gasteiger partial charge in [0.2, 0.25) is 0 Å². The van der Waals surface area contributed by atoms with Crippen LogP contribution in [-0.2, 0) is 11.2 Å². The number of rotatable bonds is 4. The molecule has 1 saturated heterocycles. The number of hydrogen-bond donors (Lipinski definition) is 1. The van der Waals surface area contributed by atoms with Gasteiger partial charge in [-0.25, -0.2) is 0 Å². The highest BCUT2D eigenvalue weighted by Gasteiger charge is 2.32. The van der Waals surface area contributed by atoms with Gasteiger partial charge in [-0.05, 0) is 42.1 Å². The summed E-state index contributed by atoms with van der Waals surface area (Å²) in [6, 6.07) is 17.9. The van der Waals surface area contributed by atoms with Crippen LogP contribution in [0.5, 0.6) is 0 Å². The van der Waals surface area contributed by atoms with Crippen LogP contribution in [0.4, 0.5) is 5.69 Å². The van der Waals surface area contributed by atoms with Crippen molar-refractivity contribution in [1.82, 2.24) is 4.90 Å². The molecule has 2 heterocycles. The van der Waals surface area contributed by atoms with E-state index in [2.05, 4.69) is 58.3 Å². The summed E-state index contributed by atoms with van der Waals surface area (Å²) in [6.07, 6.45) is 1.96. The van der Waals surface area contributed by atoms with E-state index in [1.807, 2.05) is 0 Å². The minimum absolute atomic E-state index is 0. The molecule has 1 unspecified atom stereocenters. The van der Waals surface area contributed by atoms with E-state index in [0.717, 1.165) is 39.0 Å². The van der Waals surface area contributed by atoms with Crippen molar-refractivity contribution in [3.05, 3.63) is 65.2 Å². The second-order valence-electron chi connectivity index (χ2n) is 7.01. The second kappa shape index (κ2) is 8.11. The monoisotopic (exact) mass is 372 g/mol. The van der Waals surface area contributed by atoms with E-state index in [1.54, 1.807) is 0 Å². The van der Waals surface area contributed by atoms with Crippen LogP contribution < -0.4 is 4.90 Å². The number of carboxylic acid groups (broad SMARTS) is 1. The zero-order valence-electron chi connectivity index (χ0n) is 14.8. The molecule has 0 bridgehead atoms. The van der Waals surface area contributed by atoms with Crippen molar-refractivity contribution in [3.8, 4) is 0 Å². The van der Waals surface area contributed by atoms with E-state index in [4.69, 9.17) is 5.11 Å². The number of piperazine rings is 1. The molecule has 2 aliphatic heterocycles. The minimum atomic E-state index is -0.702. The van der Waals surface area contributed by atoms with Gasteiger partial charge in [-0.1, -0.05) is 42.5 Å². The van der Waals surface area contributed by atoms with Crippen molar-refractivity contribution >= 4 is 24.1 Å². The largest absolute Gasteiger partial charge is 0.481 e. The molecular weight excluding hydrogens is 348 g/mol. The fourth-order valence-electron chi connectivity index (χ4n) is 4.22. The third kappa shape index (κ3) is 3.71. The van der Waals surface area contributed by atoms with Gasteiger partial charge in [0.25, 0.3) is 0 Å². The second-order valence-corrected chi connectivity index (χ2v) is 7.01. The van der Waals surface area contributed by atoms with E-state index >= 15 is 0 Å². The Hall–Kier alpha value is -2.04. The van der Waals surface area contributed by atoms with Crippen molar-refractivity contribution in [2.24, 2.45) is 0 Å². The topological polar surface area (TPSA) is 43.8 Å². The zero-order valence-corrected chi connectivity index (χ0v) is 15.6. The standard InChI is InChI=1S/C21H24N2O2.ClH/c24-21(25)10-5-11-22-12-13-23-19-9-4-2-7-17(19)14-16-6-1-3-8-18(16)20(23)15-22;/h1-4,6-9,20H,5,10-15H2,(H,24,25);1H. The van der Waals surface area contributed by atoms with Gasteiger partial charge < -0.3 is 10.0 Å². The fraction of sp³-hybridized carbons (Fsp3) is 0.381. The van der Waals surface area contributed by atoms with E-state index in [1.165, 1.54) is 22.4 Å². The molecule has 1 fully saturated rings. The van der Waals surface area contributed by atoms with Gasteiger partial charge in [0, 0.05) is 31.7 Å². The zero-order chi connectivity index (χ0) is 17.2. The van der Waals surface area contributed by atoms with Gasteiger partial charge in [-0.2, -0.15) is 0 Å². The molecule has 2 aliphatic rings. The first-order valence-corrected chi connectivity index (χ1v) is 9.09. The Morgan fingerprint density at radius 3 is 2.58 bits per heavy atom. The van der Waals surface area contributed by atoms with Crippen molar-refractivity contribution in [2.75, 3.05) is 31.1 Å². The van der Waals surface area contributed by atoms with Gasteiger partial charge in [0.15, 0.2) is 0 Å². The average Bonchev–Trinajstić information content (AvgIpc) is 2.76. The van der Waals surface area contributed by atoms with Crippen LogP contribution in [0.15, 0.2) is 48.5 Å². The third-order valence-corrected chi connectivity index (χ3v) is 5.43. The van der Waals surface area contributed by atoms with Crippen LogP contribution in [0.3, 0.4) is 0 Å². The SMILES string of the molecule is Cl.O=C(O)CCCN1CCN2c3ccccc3Cc3ccccc3C2C1. The van der Waals surface area contributed by atoms with Gasteiger partial charge in [0.1, 0.15) is 0 Å². The van der Waals surface area contributed by atoms with Gasteiger partial charge >= 0.3 is 5.97 Å². The first kappa shape index (κ1) is 18.7. The predicted octanol–water partition coefficient (Wildman–Crippen LogP) is 3.74. The molecule has 1 N–H and O–H groups in total. The summed E-state index contributed by atoms with van der Waals surface area (Å²) in [6.45, 7) is 3.81. The Morgan fingerprint density at radius 1 is 1.04 bits per heavy atom. The molecular formula is C21H25ClN2O2. The lowest BCUT2D eigenvalue weighted by Crippen LogP contribution is -2.48. The maximum Gasteiger partial charge on any atom is 0.303 e. The lowest BCUT2D eigenvalue weighted by molar-refractivity contribution is -0.137. The van der Waals surface area contributed by atoms with E-state index in [0.29, 0.717) is 6.04 Å². The number of aliphatic carboxylic acids is 1. The number of para-hydroxylation sites is 1. The molecule has 0 spiro atoms. The maximum absolute atomic E-state index is 10.8. The van der Waals surface area contributed by atoms with Crippen molar-refractivity contribution < 1.29 is 9.90 Å². The number of carbonyl (C=O) groups is 1. The number of carboxylic acids is 1. The quantitative estimate of drug-likeness (QED) is 0.887. The van der Waals surface area contributed by atoms with E-state index < -0.39 is 5.97 Å². The normalized spacial score (nSPS) is 18.8. The summed E-state index contributed by atoms with van der Waals surface area (Å²) >= 11 is 0. The van der Waals surface area contributed by atoms with Crippen LogP contribution in [0.1, 0.15) is 35.6 Å². The molecule has 2 aromatic rings. The molecule has 4 rings (SSSR count). The summed E-state index contributed by atoms with van der Waals surface area (Å²) < 4.78 is 0. The van der Waals surface area contributed by atoms with Crippen molar-refractivity contribution in [2.45, 2.75) is 25.3 Å². The van der Waals surface area contributed by atoms with Crippen LogP contribution in [-0.4, -0.2) is 42.2 Å². The van der Waals surface area contributed by atoms with Gasteiger partial charge in [0.05, 0.1) is 6.04 Å². The Balaban J connectivity index is 0.00000196. The summed E-state index contributed by atoms with van der Waals surface area (Å²) in [5.41, 5.74) is 5.59. The molecule has 0 saturated carbocycles. The number of benzene rings is 2. The first-order chi connectivity index (χ1) is 12.2. The highest BCUT2D eigenvalue weighted by atomic mass is 35.5. The number of nitrogens with zero attached hydrogens (tertiary/aromatic N) is 2. The lowest BCUT2D eigenvalue weighted by atomic mass is 9.96. The summed E-state index contributed by atoms with van der Waals surface area (Å²) in [5, 5.41) is 8.88. The van der Waals surface area contributed by atoms with Crippen molar-refractivity contribution in [3.63, 3.8) is 0 Å². The number of hydrogen-bond acceptors (Lipinski definition) is 3. The fourth-order valence-corrected chi connectivity index (χ4v) is 4.22. The Kier molecular flexibility index (Phi) is 5.84. The molecule has 2 aromatic carbocycles. The Morgan fingerprint density at radius 2 is 1.77 bits per heavy atom. The molecule has 26 heavy (non-hydrogen) atoms. The molecule has 138 valence electrons.